The highest BCUT2D eigenvalue weighted by Gasteiger charge is 2.18. The molecular weight excluding hydrogens is 356 g/mol. The summed E-state index contributed by atoms with van der Waals surface area (Å²) in [7, 11) is 0. The lowest BCUT2D eigenvalue weighted by atomic mass is 10.1. The van der Waals surface area contributed by atoms with E-state index in [9.17, 15) is 9.90 Å². The topological polar surface area (TPSA) is 84.6 Å². The number of unbranched alkanes of at least 4 members (excludes halogenated alkanes) is 1. The van der Waals surface area contributed by atoms with Crippen molar-refractivity contribution in [1.29, 1.82) is 0 Å². The summed E-state index contributed by atoms with van der Waals surface area (Å²) in [5.41, 5.74) is 2.33. The zero-order valence-electron chi connectivity index (χ0n) is 15.1. The van der Waals surface area contributed by atoms with Crippen molar-refractivity contribution in [3.8, 4) is 5.75 Å². The highest BCUT2D eigenvalue weighted by atomic mass is 35.5. The quantitative estimate of drug-likeness (QED) is 0.658. The largest absolute Gasteiger partial charge is 0.479 e. The Morgan fingerprint density at radius 2 is 2.00 bits per heavy atom. The first-order chi connectivity index (χ1) is 12.5. The molecule has 1 aromatic carbocycles. The molecule has 0 bridgehead atoms. The van der Waals surface area contributed by atoms with Gasteiger partial charge in [0.15, 0.2) is 6.10 Å². The summed E-state index contributed by atoms with van der Waals surface area (Å²) in [6.07, 6.45) is 2.88. The fourth-order valence-electron chi connectivity index (χ4n) is 2.67. The minimum absolute atomic E-state index is 0.171. The molecule has 0 saturated heterocycles. The fraction of sp³-hybridized carbons (Fsp3) is 0.474. The van der Waals surface area contributed by atoms with Crippen molar-refractivity contribution in [2.24, 2.45) is 0 Å². The monoisotopic (exact) mass is 380 g/mol. The number of aliphatic hydroxyl groups excluding tert-OH is 1. The maximum atomic E-state index is 11.1. The Balaban J connectivity index is 2.12. The van der Waals surface area contributed by atoms with E-state index < -0.39 is 12.1 Å². The lowest BCUT2D eigenvalue weighted by Crippen LogP contribution is -2.25. The van der Waals surface area contributed by atoms with Crippen LogP contribution in [0.15, 0.2) is 24.3 Å². The Kier molecular flexibility index (Phi) is 7.48. The average molecular weight is 381 g/mol. The van der Waals surface area contributed by atoms with Gasteiger partial charge in [0.25, 0.3) is 0 Å². The van der Waals surface area contributed by atoms with Crippen LogP contribution < -0.4 is 4.74 Å². The number of aliphatic hydroxyl groups is 1. The third-order valence-electron chi connectivity index (χ3n) is 4.18. The van der Waals surface area contributed by atoms with E-state index in [1.165, 1.54) is 4.09 Å². The second-order valence-electron chi connectivity index (χ2n) is 6.14. The highest BCUT2D eigenvalue weighted by Crippen LogP contribution is 2.21. The third kappa shape index (κ3) is 4.99. The molecule has 0 radical (unpaired) electrons. The summed E-state index contributed by atoms with van der Waals surface area (Å²) in [4.78, 5) is 15.6. The van der Waals surface area contributed by atoms with Crippen LogP contribution >= 0.6 is 11.8 Å². The Hall–Kier alpha value is -2.05. The molecule has 2 aromatic rings. The van der Waals surface area contributed by atoms with E-state index in [-0.39, 0.29) is 6.61 Å². The van der Waals surface area contributed by atoms with Crippen molar-refractivity contribution < 1.29 is 19.7 Å². The van der Waals surface area contributed by atoms with Crippen LogP contribution in [0.2, 0.25) is 0 Å². The van der Waals surface area contributed by atoms with Gasteiger partial charge in [-0.2, -0.15) is 0 Å². The summed E-state index contributed by atoms with van der Waals surface area (Å²) in [5.74, 6) is 0.299. The number of carboxylic acids is 1. The smallest absolute Gasteiger partial charge is 0.344 e. The standard InChI is InChI=1S/C19H25ClN2O4/c1-3-5-6-18-21-15(16(12-23)22(18)20)11-13-7-9-14(10-8-13)26-17(4-2)19(24)25/h7-10,17,23H,3-6,11-12H2,1-2H3,(H,24,25). The summed E-state index contributed by atoms with van der Waals surface area (Å²) in [6, 6.07) is 7.22. The molecule has 2 rings (SSSR count). The third-order valence-corrected chi connectivity index (χ3v) is 4.58. The van der Waals surface area contributed by atoms with E-state index in [0.717, 1.165) is 36.3 Å². The number of nitrogens with zero attached hydrogens (tertiary/aromatic N) is 2. The van der Waals surface area contributed by atoms with E-state index in [2.05, 4.69) is 11.9 Å². The number of imidazole rings is 1. The summed E-state index contributed by atoms with van der Waals surface area (Å²) in [6.45, 7) is 3.70. The number of halogens is 1. The SMILES string of the molecule is CCCCc1nc(Cc2ccc(OC(CC)C(=O)O)cc2)c(CO)n1Cl. The van der Waals surface area contributed by atoms with E-state index in [4.69, 9.17) is 21.6 Å². The van der Waals surface area contributed by atoms with Crippen molar-refractivity contribution in [2.75, 3.05) is 0 Å². The van der Waals surface area contributed by atoms with Gasteiger partial charge in [0.2, 0.25) is 0 Å². The fourth-order valence-corrected chi connectivity index (χ4v) is 2.94. The van der Waals surface area contributed by atoms with Gasteiger partial charge in [-0.15, -0.1) is 0 Å². The summed E-state index contributed by atoms with van der Waals surface area (Å²) >= 11 is 6.28. The van der Waals surface area contributed by atoms with E-state index in [0.29, 0.717) is 24.3 Å². The maximum absolute atomic E-state index is 11.1. The van der Waals surface area contributed by atoms with Gasteiger partial charge in [-0.05, 0) is 30.5 Å². The Morgan fingerprint density at radius 3 is 2.54 bits per heavy atom. The molecule has 1 heterocycles. The van der Waals surface area contributed by atoms with Crippen LogP contribution in [0.25, 0.3) is 0 Å². The first-order valence-electron chi connectivity index (χ1n) is 8.84. The van der Waals surface area contributed by atoms with Gasteiger partial charge < -0.3 is 14.9 Å². The number of carboxylic acid groups (broad SMARTS) is 1. The molecule has 1 unspecified atom stereocenters. The van der Waals surface area contributed by atoms with Crippen LogP contribution in [0.4, 0.5) is 0 Å². The number of aromatic nitrogens is 2. The molecule has 26 heavy (non-hydrogen) atoms. The van der Waals surface area contributed by atoms with Gasteiger partial charge in [-0.3, -0.25) is 0 Å². The van der Waals surface area contributed by atoms with Gasteiger partial charge in [0, 0.05) is 24.6 Å². The Bertz CT molecular complexity index is 728. The zero-order valence-corrected chi connectivity index (χ0v) is 15.9. The number of benzene rings is 1. The predicted octanol–water partition coefficient (Wildman–Crippen LogP) is 3.55. The molecule has 2 N–H and O–H groups in total. The molecule has 0 fully saturated rings. The van der Waals surface area contributed by atoms with Crippen LogP contribution in [0, 0.1) is 0 Å². The molecule has 1 aromatic heterocycles. The second-order valence-corrected chi connectivity index (χ2v) is 6.48. The molecule has 0 aliphatic rings. The van der Waals surface area contributed by atoms with Gasteiger partial charge in [0.05, 0.1) is 18.0 Å². The van der Waals surface area contributed by atoms with E-state index in [1.807, 2.05) is 12.1 Å². The van der Waals surface area contributed by atoms with Crippen LogP contribution in [0.5, 0.6) is 5.75 Å². The van der Waals surface area contributed by atoms with Crippen molar-refractivity contribution in [3.63, 3.8) is 0 Å². The van der Waals surface area contributed by atoms with E-state index >= 15 is 0 Å². The number of aryl methyl sites for hydroxylation is 1. The van der Waals surface area contributed by atoms with Gasteiger partial charge >= 0.3 is 5.97 Å². The van der Waals surface area contributed by atoms with Gasteiger partial charge in [-0.1, -0.05) is 32.4 Å². The minimum atomic E-state index is -0.976. The van der Waals surface area contributed by atoms with Crippen molar-refractivity contribution in [2.45, 2.75) is 58.7 Å². The number of rotatable bonds is 10. The highest BCUT2D eigenvalue weighted by molar-refractivity contribution is 6.16. The molecule has 0 aliphatic carbocycles. The lowest BCUT2D eigenvalue weighted by Gasteiger charge is -2.13. The maximum Gasteiger partial charge on any atom is 0.344 e. The first kappa shape index (κ1) is 20.3. The van der Waals surface area contributed by atoms with Crippen LogP contribution in [0.1, 0.15) is 55.9 Å². The Labute approximate surface area is 158 Å². The summed E-state index contributed by atoms with van der Waals surface area (Å²) in [5, 5.41) is 18.7. The predicted molar refractivity (Wildman–Crippen MR) is 99.6 cm³/mol. The molecular formula is C19H25ClN2O4. The zero-order chi connectivity index (χ0) is 19.1. The molecule has 6 nitrogen and oxygen atoms in total. The molecule has 7 heteroatoms. The summed E-state index contributed by atoms with van der Waals surface area (Å²) < 4.78 is 6.92. The average Bonchev–Trinajstić information content (AvgIpc) is 2.93. The molecule has 0 aliphatic heterocycles. The number of aliphatic carboxylic acids is 1. The normalized spacial score (nSPS) is 12.2. The van der Waals surface area contributed by atoms with Crippen LogP contribution in [-0.2, 0) is 24.2 Å². The molecule has 0 amide bonds. The molecule has 0 spiro atoms. The first-order valence-corrected chi connectivity index (χ1v) is 9.18. The van der Waals surface area contributed by atoms with Gasteiger partial charge in [0.1, 0.15) is 11.6 Å². The van der Waals surface area contributed by atoms with Crippen molar-refractivity contribution in [1.82, 2.24) is 9.07 Å². The lowest BCUT2D eigenvalue weighted by molar-refractivity contribution is -0.145. The minimum Gasteiger partial charge on any atom is -0.479 e. The number of ether oxygens (including phenoxy) is 1. The molecule has 142 valence electrons. The number of carbonyl (C=O) groups is 1. The van der Waals surface area contributed by atoms with Gasteiger partial charge in [-0.25, -0.2) is 13.9 Å². The van der Waals surface area contributed by atoms with E-state index in [1.54, 1.807) is 19.1 Å². The number of hydrogen-bond acceptors (Lipinski definition) is 4. The number of hydrogen-bond donors (Lipinski definition) is 2. The second kappa shape index (κ2) is 9.59. The van der Waals surface area contributed by atoms with Crippen LogP contribution in [-0.4, -0.2) is 31.4 Å². The molecule has 0 saturated carbocycles. The van der Waals surface area contributed by atoms with Crippen molar-refractivity contribution >= 4 is 17.7 Å². The molecule has 1 atom stereocenters. The van der Waals surface area contributed by atoms with Crippen LogP contribution in [0.3, 0.4) is 0 Å². The van der Waals surface area contributed by atoms with Crippen molar-refractivity contribution in [3.05, 3.63) is 47.0 Å². The Morgan fingerprint density at radius 1 is 1.31 bits per heavy atom.